The number of hydroxylamine groups is 1. The Bertz CT molecular complexity index is 4370. The third kappa shape index (κ3) is 19.2. The zero-order valence-corrected chi connectivity index (χ0v) is 60.7. The number of rotatable bonds is 24. The minimum absolute atomic E-state index is 0.00642. The standard InChI is InChI=1S/C76H97N11O17/c1-42(2)62(82-56(90)21-12-11-13-30-87-57(91)26-27-58(87)92)74(98)81-53(20-15-28-78-75(77)99)73(97)80-51-24-22-50(23-25-51)41-101-79-29-31-85-32-34-86(35-33-85)52-39-54(89)63-55(40-52)103-70-64(83-63)59-60-66(93)48(8)69-61(59)71(95)76(10,104-69)100-36-16-19-45(5)68(102-49(9)88)47(7)38-44(4)37-43(3)17-14-18-46(6)72(96)84-65(70)67(60)94/h14,16-18,22-27,36,39-40,42-45,47,53,62,68,79,93,95H,11-13,15,19-21,28-35,37-38,41H2,1-10H3,(H,80,97)(H,81,98)(H,82,90)(H,84,96)(H3,77,78,99)/b17-14+,36-16+,46-18-/t43-,44+,45+,47+,53-,62-,68+,76-/m0/s1. The molecule has 0 unspecified atom stereocenters. The number of aromatic hydroxyl groups is 1. The van der Waals surface area contributed by atoms with E-state index in [1.165, 1.54) is 45.3 Å². The number of aliphatic hydroxyl groups excluding tert-OH is 1. The number of benzene rings is 4. The first-order chi connectivity index (χ1) is 49.5. The number of piperazine rings is 1. The number of aromatic nitrogens is 1. The molecule has 28 heteroatoms. The van der Waals surface area contributed by atoms with Crippen LogP contribution in [0.25, 0.3) is 38.7 Å². The maximum Gasteiger partial charge on any atom is 0.312 e. The number of nitrogens with zero attached hydrogens (tertiary/aromatic N) is 4. The zero-order valence-electron chi connectivity index (χ0n) is 60.7. The fraction of sp³-hybridized carbons (Fsp3) is 0.487. The van der Waals surface area contributed by atoms with Crippen LogP contribution in [0.2, 0.25) is 0 Å². The van der Waals surface area contributed by atoms with Crippen LogP contribution >= 0.6 is 0 Å². The average molecular weight is 1440 g/mol. The molecule has 104 heavy (non-hydrogen) atoms. The minimum atomic E-state index is -1.90. The Hall–Kier alpha value is -10.2. The highest BCUT2D eigenvalue weighted by Gasteiger charge is 2.44. The van der Waals surface area contributed by atoms with E-state index in [-0.39, 0.29) is 147 Å². The molecule has 4 bridgehead atoms. The second-order valence-electron chi connectivity index (χ2n) is 28.2. The van der Waals surface area contributed by atoms with E-state index in [4.69, 9.17) is 34.2 Å². The number of urea groups is 1. The predicted octanol–water partition coefficient (Wildman–Crippen LogP) is 7.34. The quantitative estimate of drug-likeness (QED) is 0.00728. The highest BCUT2D eigenvalue weighted by atomic mass is 16.7. The Balaban J connectivity index is 0.840. The largest absolute Gasteiger partial charge is 0.507 e. The van der Waals surface area contributed by atoms with Crippen LogP contribution in [0.1, 0.15) is 131 Å². The Morgan fingerprint density at radius 2 is 1.57 bits per heavy atom. The first-order valence-electron chi connectivity index (χ1n) is 35.6. The molecule has 1 aromatic heterocycles. The summed E-state index contributed by atoms with van der Waals surface area (Å²) in [5.41, 5.74) is 8.14. The maximum absolute atomic E-state index is 15.1. The summed E-state index contributed by atoms with van der Waals surface area (Å²) >= 11 is 0. The lowest BCUT2D eigenvalue weighted by Gasteiger charge is -2.36. The van der Waals surface area contributed by atoms with Crippen molar-refractivity contribution in [3.8, 4) is 11.5 Å². The van der Waals surface area contributed by atoms with Gasteiger partial charge in [0, 0.05) is 125 Å². The van der Waals surface area contributed by atoms with Crippen LogP contribution in [-0.2, 0) is 54.5 Å². The van der Waals surface area contributed by atoms with Crippen molar-refractivity contribution >= 4 is 103 Å². The number of allylic oxidation sites excluding steroid dienone is 4. The number of esters is 1. The van der Waals surface area contributed by atoms with Crippen LogP contribution < -0.4 is 63.5 Å². The summed E-state index contributed by atoms with van der Waals surface area (Å²) < 4.78 is 25.0. The molecule has 0 saturated carbocycles. The molecule has 5 heterocycles. The molecule has 0 radical (unpaired) electrons. The van der Waals surface area contributed by atoms with Crippen molar-refractivity contribution in [3.05, 3.63) is 121 Å². The maximum atomic E-state index is 15.1. The number of carbonyl (C=O) groups is 8. The molecule has 4 aliphatic heterocycles. The fourth-order valence-electron chi connectivity index (χ4n) is 13.7. The molecule has 1 saturated heterocycles. The summed E-state index contributed by atoms with van der Waals surface area (Å²) in [7, 11) is 0. The molecule has 1 fully saturated rings. The van der Waals surface area contributed by atoms with Gasteiger partial charge in [-0.25, -0.2) is 15.3 Å². The van der Waals surface area contributed by atoms with Crippen LogP contribution in [-0.4, -0.2) is 149 Å². The number of primary amides is 1. The number of phenolic OH excluding ortho intramolecular Hbond substituents is 1. The van der Waals surface area contributed by atoms with E-state index < -0.39 is 70.1 Å². The molecule has 0 spiro atoms. The van der Waals surface area contributed by atoms with E-state index in [1.807, 2.05) is 17.9 Å². The van der Waals surface area contributed by atoms with E-state index in [0.29, 0.717) is 82.7 Å². The summed E-state index contributed by atoms with van der Waals surface area (Å²) in [6.45, 7) is 21.7. The lowest BCUT2D eigenvalue weighted by Crippen LogP contribution is -2.54. The van der Waals surface area contributed by atoms with E-state index >= 15 is 4.79 Å². The van der Waals surface area contributed by atoms with Crippen molar-refractivity contribution in [2.24, 2.45) is 35.3 Å². The first kappa shape index (κ1) is 78.0. The van der Waals surface area contributed by atoms with Gasteiger partial charge in [0.15, 0.2) is 22.4 Å². The summed E-state index contributed by atoms with van der Waals surface area (Å²) in [6, 6.07) is 7.30. The van der Waals surface area contributed by atoms with Crippen molar-refractivity contribution < 1.29 is 72.0 Å². The number of unbranched alkanes of at least 4 members (excludes halogenated alkanes) is 2. The number of aliphatic hydroxyl groups is 1. The minimum Gasteiger partial charge on any atom is -0.507 e. The number of carbonyl (C=O) groups excluding carboxylic acids is 8. The molecule has 8 atom stereocenters. The van der Waals surface area contributed by atoms with Crippen LogP contribution in [0.5, 0.6) is 11.5 Å². The number of phenols is 1. The molecule has 10 N–H and O–H groups in total. The Morgan fingerprint density at radius 3 is 2.26 bits per heavy atom. The number of imide groups is 1. The van der Waals surface area contributed by atoms with Gasteiger partial charge < -0.3 is 66.1 Å². The fourth-order valence-corrected chi connectivity index (χ4v) is 13.7. The van der Waals surface area contributed by atoms with Crippen molar-refractivity contribution in [3.63, 3.8) is 0 Å². The Kier molecular flexibility index (Phi) is 26.1. The molecular weight excluding hydrogens is 1340 g/mol. The van der Waals surface area contributed by atoms with Gasteiger partial charge in [-0.2, -0.15) is 0 Å². The SMILES string of the molecule is CC(=O)O[C@@H]1[C@H](C)C/C=C/O[C@@]2(C)Oc3c(C)c(O)c4c(=O)c(c5oc6cc(N7CCN(CCNOCc8ccc(NC(=O)[C@H](CCCNC(N)=O)NC(=O)[C@@H](NC(=O)CCCCCN9C(=O)C=CC9=O)C(C)C)cc8)CC7)cc(=O)c6nc5c4c3=C2O)NC(=O)/C(C)=C\C=C\[C@H](C)C[C@@H](C)C[C@H]1C. The molecule has 4 aromatic carbocycles. The van der Waals surface area contributed by atoms with E-state index in [9.17, 15) is 53.4 Å². The summed E-state index contributed by atoms with van der Waals surface area (Å²) in [5, 5.41) is 37.5. The number of amides is 8. The molecule has 558 valence electrons. The molecule has 28 nitrogen and oxygen atoms in total. The smallest absolute Gasteiger partial charge is 0.312 e. The van der Waals surface area contributed by atoms with Crippen LogP contribution in [0.4, 0.5) is 21.9 Å². The number of hydrogen-bond acceptors (Lipinski definition) is 21. The van der Waals surface area contributed by atoms with Gasteiger partial charge in [0.2, 0.25) is 28.6 Å². The molecule has 9 rings (SSSR count). The average Bonchev–Trinajstić information content (AvgIpc) is 1.40. The molecule has 4 aliphatic rings. The summed E-state index contributed by atoms with van der Waals surface area (Å²) in [4.78, 5) is 148. The van der Waals surface area contributed by atoms with Gasteiger partial charge >= 0.3 is 17.8 Å². The van der Waals surface area contributed by atoms with Crippen molar-refractivity contribution in [1.82, 2.24) is 36.2 Å². The van der Waals surface area contributed by atoms with Crippen LogP contribution in [0.15, 0.2) is 98.7 Å². The van der Waals surface area contributed by atoms with Crippen molar-refractivity contribution in [2.75, 3.05) is 67.9 Å². The molecule has 5 aromatic rings. The van der Waals surface area contributed by atoms with E-state index in [1.54, 1.807) is 69.3 Å². The van der Waals surface area contributed by atoms with Crippen LogP contribution in [0.3, 0.4) is 0 Å². The van der Waals surface area contributed by atoms with Crippen molar-refractivity contribution in [1.29, 1.82) is 0 Å². The topological polar surface area (TPSA) is 382 Å². The number of anilines is 3. The Labute approximate surface area is 602 Å². The summed E-state index contributed by atoms with van der Waals surface area (Å²) in [6.07, 6.45) is 14.7. The number of ether oxygens (including phenoxy) is 3. The molecule has 0 aliphatic carbocycles. The third-order valence-corrected chi connectivity index (χ3v) is 19.4. The van der Waals surface area contributed by atoms with Gasteiger partial charge in [0.25, 0.3) is 17.7 Å². The highest BCUT2D eigenvalue weighted by Crippen LogP contribution is 2.42. The van der Waals surface area contributed by atoms with Gasteiger partial charge in [0.05, 0.1) is 23.5 Å². The highest BCUT2D eigenvalue weighted by molar-refractivity contribution is 6.17. The number of nitrogens with one attached hydrogen (secondary N) is 6. The van der Waals surface area contributed by atoms with E-state index in [2.05, 4.69) is 57.7 Å². The number of hydrogen-bond donors (Lipinski definition) is 9. The molecular formula is C76H97N11O17. The van der Waals surface area contributed by atoms with Gasteiger partial charge in [-0.15, -0.1) is 0 Å². The predicted molar refractivity (Wildman–Crippen MR) is 392 cm³/mol. The monoisotopic (exact) mass is 1440 g/mol. The summed E-state index contributed by atoms with van der Waals surface area (Å²) in [5.74, 6) is -6.26. The lowest BCUT2D eigenvalue weighted by atomic mass is 9.82. The first-order valence-corrected chi connectivity index (χ1v) is 35.6. The van der Waals surface area contributed by atoms with Crippen molar-refractivity contribution in [2.45, 2.75) is 158 Å². The lowest BCUT2D eigenvalue weighted by molar-refractivity contribution is -0.152. The van der Waals surface area contributed by atoms with E-state index in [0.717, 1.165) is 23.3 Å². The number of fused-ring (bicyclic) bond motifs is 2. The number of nitrogens with two attached hydrogens (primary N) is 1. The molecule has 8 amide bonds. The van der Waals surface area contributed by atoms with Crippen LogP contribution in [0, 0.1) is 36.5 Å². The van der Waals surface area contributed by atoms with Gasteiger partial charge in [0.1, 0.15) is 40.9 Å². The Morgan fingerprint density at radius 1 is 0.846 bits per heavy atom. The second-order valence-corrected chi connectivity index (χ2v) is 28.2. The second kappa shape index (κ2) is 34.9. The normalized spacial score (nSPS) is 22.2. The third-order valence-electron chi connectivity index (χ3n) is 19.4. The van der Waals surface area contributed by atoms with Gasteiger partial charge in [-0.05, 0) is 112 Å². The zero-order chi connectivity index (χ0) is 75.3. The van der Waals surface area contributed by atoms with Gasteiger partial charge in [-0.3, -0.25) is 57.8 Å². The van der Waals surface area contributed by atoms with Gasteiger partial charge in [-0.1, -0.05) is 78.3 Å².